The smallest absolute Gasteiger partial charge is 0.411 e. The molecule has 1 atom stereocenters. The first-order valence-electron chi connectivity index (χ1n) is 10.7. The summed E-state index contributed by atoms with van der Waals surface area (Å²) in [6.45, 7) is 0.575. The number of carboxylic acid groups (broad SMARTS) is 1. The number of hydrogen-bond acceptors (Lipinski definition) is 5. The van der Waals surface area contributed by atoms with Gasteiger partial charge in [0.25, 0.3) is 5.91 Å². The molecule has 0 bridgehead atoms. The highest BCUT2D eigenvalue weighted by Crippen LogP contribution is 2.44. The third-order valence-electron chi connectivity index (χ3n) is 5.89. The van der Waals surface area contributed by atoms with Crippen LogP contribution in [-0.4, -0.2) is 46.9 Å². The lowest BCUT2D eigenvalue weighted by Gasteiger charge is -2.23. The summed E-state index contributed by atoms with van der Waals surface area (Å²) >= 11 is 0. The van der Waals surface area contributed by atoms with Crippen LogP contribution in [0.25, 0.3) is 11.1 Å². The molecule has 1 unspecified atom stereocenters. The van der Waals surface area contributed by atoms with E-state index in [1.165, 1.54) is 19.1 Å². The number of fused-ring (bicyclic) bond motifs is 3. The number of carbonyl (C=O) groups is 3. The molecule has 8 heteroatoms. The van der Waals surface area contributed by atoms with E-state index in [4.69, 9.17) is 4.74 Å². The average molecular weight is 460 g/mol. The molecule has 0 aliphatic heterocycles. The minimum atomic E-state index is -1.83. The second-order valence-electron chi connectivity index (χ2n) is 8.28. The molecular weight excluding hydrogens is 436 g/mol. The molecule has 0 aromatic heterocycles. The Bertz CT molecular complexity index is 1210. The number of carboxylic acids is 1. The molecule has 1 aliphatic rings. The zero-order valence-electron chi connectivity index (χ0n) is 18.4. The number of aliphatic hydroxyl groups is 1. The fourth-order valence-electron chi connectivity index (χ4n) is 3.97. The molecule has 174 valence electrons. The molecule has 0 spiro atoms. The van der Waals surface area contributed by atoms with Gasteiger partial charge in [-0.05, 0) is 47.4 Å². The van der Waals surface area contributed by atoms with E-state index in [1.54, 1.807) is 12.1 Å². The minimum Gasteiger partial charge on any atom is -0.479 e. The van der Waals surface area contributed by atoms with Crippen molar-refractivity contribution in [2.75, 3.05) is 18.5 Å². The molecule has 4 N–H and O–H groups in total. The zero-order valence-corrected chi connectivity index (χ0v) is 18.4. The molecule has 0 fully saturated rings. The first kappa shape index (κ1) is 23.0. The second-order valence-corrected chi connectivity index (χ2v) is 8.28. The lowest BCUT2D eigenvalue weighted by molar-refractivity contribution is -0.145. The molecule has 34 heavy (non-hydrogen) atoms. The Balaban J connectivity index is 1.42. The Labute approximate surface area is 196 Å². The van der Waals surface area contributed by atoms with Gasteiger partial charge in [-0.1, -0.05) is 54.6 Å². The SMILES string of the molecule is CC(CO)(NC(=O)c1cccc(NC(=O)OCC2c3ccccc3-c3ccccc32)c1)C(=O)O. The van der Waals surface area contributed by atoms with Crippen molar-refractivity contribution in [2.45, 2.75) is 18.4 Å². The second kappa shape index (κ2) is 9.36. The third kappa shape index (κ3) is 4.49. The predicted molar refractivity (Wildman–Crippen MR) is 126 cm³/mol. The van der Waals surface area contributed by atoms with Crippen LogP contribution in [0.3, 0.4) is 0 Å². The van der Waals surface area contributed by atoms with E-state index in [0.717, 1.165) is 22.3 Å². The summed E-state index contributed by atoms with van der Waals surface area (Å²) in [4.78, 5) is 36.3. The minimum absolute atomic E-state index is 0.0811. The summed E-state index contributed by atoms with van der Waals surface area (Å²) in [7, 11) is 0. The van der Waals surface area contributed by atoms with Crippen LogP contribution >= 0.6 is 0 Å². The average Bonchev–Trinajstić information content (AvgIpc) is 3.16. The van der Waals surface area contributed by atoms with Crippen molar-refractivity contribution in [3.8, 4) is 11.1 Å². The molecular formula is C26H24N2O6. The van der Waals surface area contributed by atoms with E-state index in [-0.39, 0.29) is 18.1 Å². The van der Waals surface area contributed by atoms with Crippen molar-refractivity contribution < 1.29 is 29.3 Å². The maximum Gasteiger partial charge on any atom is 0.411 e. The molecule has 8 nitrogen and oxygen atoms in total. The van der Waals surface area contributed by atoms with Gasteiger partial charge in [-0.2, -0.15) is 0 Å². The molecule has 0 radical (unpaired) electrons. The van der Waals surface area contributed by atoms with Crippen molar-refractivity contribution in [3.05, 3.63) is 89.5 Å². The number of aliphatic hydroxyl groups excluding tert-OH is 1. The van der Waals surface area contributed by atoms with Gasteiger partial charge >= 0.3 is 12.1 Å². The fraction of sp³-hybridized carbons (Fsp3) is 0.192. The molecule has 3 aromatic carbocycles. The maximum absolute atomic E-state index is 12.5. The van der Waals surface area contributed by atoms with E-state index >= 15 is 0 Å². The number of carbonyl (C=O) groups excluding carboxylic acids is 2. The molecule has 0 heterocycles. The van der Waals surface area contributed by atoms with Gasteiger partial charge < -0.3 is 20.3 Å². The highest BCUT2D eigenvalue weighted by Gasteiger charge is 2.34. The summed E-state index contributed by atoms with van der Waals surface area (Å²) in [5.41, 5.74) is 3.06. The zero-order chi connectivity index (χ0) is 24.3. The number of ether oxygens (including phenoxy) is 1. The van der Waals surface area contributed by atoms with Crippen LogP contribution in [0.2, 0.25) is 0 Å². The van der Waals surface area contributed by atoms with Crippen molar-refractivity contribution in [2.24, 2.45) is 0 Å². The molecule has 4 rings (SSSR count). The predicted octanol–water partition coefficient (Wildman–Crippen LogP) is 3.61. The van der Waals surface area contributed by atoms with Gasteiger partial charge in [-0.3, -0.25) is 10.1 Å². The number of amides is 2. The first-order chi connectivity index (χ1) is 16.3. The van der Waals surface area contributed by atoms with Crippen LogP contribution in [-0.2, 0) is 9.53 Å². The van der Waals surface area contributed by atoms with Gasteiger partial charge in [0, 0.05) is 17.2 Å². The van der Waals surface area contributed by atoms with Gasteiger partial charge in [-0.15, -0.1) is 0 Å². The van der Waals surface area contributed by atoms with Gasteiger partial charge in [-0.25, -0.2) is 9.59 Å². The van der Waals surface area contributed by atoms with Crippen molar-refractivity contribution >= 4 is 23.7 Å². The van der Waals surface area contributed by atoms with E-state index < -0.39 is 30.1 Å². The summed E-state index contributed by atoms with van der Waals surface area (Å²) in [6, 6.07) is 22.0. The number of hydrogen-bond donors (Lipinski definition) is 4. The molecule has 1 aliphatic carbocycles. The quantitative estimate of drug-likeness (QED) is 0.427. The van der Waals surface area contributed by atoms with Crippen molar-refractivity contribution in [1.29, 1.82) is 0 Å². The number of nitrogens with one attached hydrogen (secondary N) is 2. The largest absolute Gasteiger partial charge is 0.479 e. The number of aliphatic carboxylic acids is 1. The molecule has 0 saturated heterocycles. The van der Waals surface area contributed by atoms with Crippen LogP contribution in [0.4, 0.5) is 10.5 Å². The monoisotopic (exact) mass is 460 g/mol. The normalized spacial score (nSPS) is 13.8. The summed E-state index contributed by atoms with van der Waals surface area (Å²) in [5, 5.41) is 23.4. The van der Waals surface area contributed by atoms with Crippen LogP contribution in [0, 0.1) is 0 Å². The fourth-order valence-corrected chi connectivity index (χ4v) is 3.97. The van der Waals surface area contributed by atoms with E-state index in [9.17, 15) is 24.6 Å². The number of rotatable bonds is 7. The topological polar surface area (TPSA) is 125 Å². The summed E-state index contributed by atoms with van der Waals surface area (Å²) in [6.07, 6.45) is -0.676. The highest BCUT2D eigenvalue weighted by molar-refractivity contribution is 5.99. The van der Waals surface area contributed by atoms with Crippen LogP contribution in [0.1, 0.15) is 34.3 Å². The summed E-state index contributed by atoms with van der Waals surface area (Å²) in [5.74, 6) is -2.14. The van der Waals surface area contributed by atoms with Crippen molar-refractivity contribution in [1.82, 2.24) is 5.32 Å². The summed E-state index contributed by atoms with van der Waals surface area (Å²) < 4.78 is 5.51. The standard InChI is InChI=1S/C26H24N2O6/c1-26(15-29,24(31)32)28-23(30)16-7-6-8-17(13-16)27-25(33)34-14-22-20-11-4-2-9-18(20)19-10-3-5-12-21(19)22/h2-13,22,29H,14-15H2,1H3,(H,27,33)(H,28,30)(H,31,32). The van der Waals surface area contributed by atoms with Gasteiger partial charge in [0.15, 0.2) is 5.54 Å². The highest BCUT2D eigenvalue weighted by atomic mass is 16.5. The van der Waals surface area contributed by atoms with Crippen molar-refractivity contribution in [3.63, 3.8) is 0 Å². The van der Waals surface area contributed by atoms with E-state index in [2.05, 4.69) is 22.8 Å². The van der Waals surface area contributed by atoms with Gasteiger partial charge in [0.1, 0.15) is 6.61 Å². The third-order valence-corrected chi connectivity index (χ3v) is 5.89. The Morgan fingerprint density at radius 2 is 1.56 bits per heavy atom. The van der Waals surface area contributed by atoms with Gasteiger partial charge in [0.05, 0.1) is 6.61 Å². The lowest BCUT2D eigenvalue weighted by Crippen LogP contribution is -2.54. The Hall–Kier alpha value is -4.17. The maximum atomic E-state index is 12.5. The Morgan fingerprint density at radius 1 is 0.941 bits per heavy atom. The van der Waals surface area contributed by atoms with E-state index in [0.29, 0.717) is 5.69 Å². The van der Waals surface area contributed by atoms with Crippen LogP contribution < -0.4 is 10.6 Å². The van der Waals surface area contributed by atoms with Crippen LogP contribution in [0.5, 0.6) is 0 Å². The first-order valence-corrected chi connectivity index (χ1v) is 10.7. The Kier molecular flexibility index (Phi) is 6.34. The van der Waals surface area contributed by atoms with Gasteiger partial charge in [0.2, 0.25) is 0 Å². The lowest BCUT2D eigenvalue weighted by atomic mass is 9.98. The Morgan fingerprint density at radius 3 is 2.15 bits per heavy atom. The molecule has 2 amide bonds. The number of benzene rings is 3. The molecule has 0 saturated carbocycles. The molecule has 3 aromatic rings. The van der Waals surface area contributed by atoms with E-state index in [1.807, 2.05) is 36.4 Å². The van der Waals surface area contributed by atoms with Crippen LogP contribution in [0.15, 0.2) is 72.8 Å². The number of anilines is 1.